The Morgan fingerprint density at radius 2 is 1.95 bits per heavy atom. The second-order valence-corrected chi connectivity index (χ2v) is 4.75. The number of hydrogen-bond acceptors (Lipinski definition) is 5. The van der Waals surface area contributed by atoms with E-state index in [1.54, 1.807) is 13.3 Å². The minimum atomic E-state index is 0.467. The largest absolute Gasteiger partial charge is 0.497 e. The molecule has 5 heteroatoms. The smallest absolute Gasteiger partial charge is 0.225 e. The Morgan fingerprint density at radius 1 is 1.19 bits per heavy atom. The molecule has 2 rings (SSSR count). The third-order valence-electron chi connectivity index (χ3n) is 2.99. The predicted octanol–water partition coefficient (Wildman–Crippen LogP) is 3.19. The maximum Gasteiger partial charge on any atom is 0.225 e. The van der Waals surface area contributed by atoms with E-state index in [9.17, 15) is 0 Å². The van der Waals surface area contributed by atoms with E-state index >= 15 is 0 Å². The molecule has 2 aromatic rings. The van der Waals surface area contributed by atoms with Crippen LogP contribution in [0.25, 0.3) is 0 Å². The van der Waals surface area contributed by atoms with Gasteiger partial charge >= 0.3 is 0 Å². The van der Waals surface area contributed by atoms with Crippen LogP contribution in [-0.4, -0.2) is 23.6 Å². The number of nitrogens with zero attached hydrogens (tertiary/aromatic N) is 2. The summed E-state index contributed by atoms with van der Waals surface area (Å²) in [5.41, 5.74) is 1.99. The summed E-state index contributed by atoms with van der Waals surface area (Å²) in [4.78, 5) is 8.62. The number of hydrogen-bond donors (Lipinski definition) is 1. The van der Waals surface area contributed by atoms with E-state index < -0.39 is 0 Å². The Balaban J connectivity index is 2.00. The van der Waals surface area contributed by atoms with Crippen molar-refractivity contribution >= 4 is 5.95 Å². The summed E-state index contributed by atoms with van der Waals surface area (Å²) in [6.45, 7) is 5.35. The van der Waals surface area contributed by atoms with E-state index in [1.165, 1.54) is 0 Å². The first-order chi connectivity index (χ1) is 10.2. The summed E-state index contributed by atoms with van der Waals surface area (Å²) in [5.74, 6) is 2.05. The van der Waals surface area contributed by atoms with Gasteiger partial charge in [-0.05, 0) is 31.0 Å². The molecular weight excluding hydrogens is 266 g/mol. The standard InChI is InChI=1S/C16H21N3O2/c1-4-9-17-16-18-10-12(2)15(19-16)21-11-13-5-7-14(20-3)8-6-13/h5-8,10H,4,9,11H2,1-3H3,(H,17,18,19). The van der Waals surface area contributed by atoms with E-state index in [0.29, 0.717) is 18.4 Å². The van der Waals surface area contributed by atoms with Gasteiger partial charge in [0.1, 0.15) is 12.4 Å². The van der Waals surface area contributed by atoms with Gasteiger partial charge in [-0.25, -0.2) is 4.98 Å². The third-order valence-corrected chi connectivity index (χ3v) is 2.99. The first kappa shape index (κ1) is 15.1. The monoisotopic (exact) mass is 287 g/mol. The summed E-state index contributed by atoms with van der Waals surface area (Å²) >= 11 is 0. The minimum Gasteiger partial charge on any atom is -0.497 e. The molecule has 0 amide bonds. The fourth-order valence-electron chi connectivity index (χ4n) is 1.77. The zero-order valence-corrected chi connectivity index (χ0v) is 12.7. The fourth-order valence-corrected chi connectivity index (χ4v) is 1.77. The van der Waals surface area contributed by atoms with Crippen LogP contribution in [0, 0.1) is 6.92 Å². The van der Waals surface area contributed by atoms with Crippen molar-refractivity contribution in [1.82, 2.24) is 9.97 Å². The molecule has 0 saturated carbocycles. The molecule has 0 saturated heterocycles. The summed E-state index contributed by atoms with van der Waals surface area (Å²) < 4.78 is 10.9. The maximum absolute atomic E-state index is 5.79. The summed E-state index contributed by atoms with van der Waals surface area (Å²) in [6.07, 6.45) is 2.80. The SMILES string of the molecule is CCCNc1ncc(C)c(OCc2ccc(OC)cc2)n1. The maximum atomic E-state index is 5.79. The van der Waals surface area contributed by atoms with Crippen LogP contribution in [0.5, 0.6) is 11.6 Å². The molecule has 112 valence electrons. The van der Waals surface area contributed by atoms with Gasteiger partial charge in [-0.15, -0.1) is 0 Å². The summed E-state index contributed by atoms with van der Waals surface area (Å²) in [6, 6.07) is 7.79. The number of methoxy groups -OCH3 is 1. The molecule has 1 aromatic heterocycles. The Bertz CT molecular complexity index is 570. The Labute approximate surface area is 125 Å². The van der Waals surface area contributed by atoms with Crippen molar-refractivity contribution in [2.75, 3.05) is 19.0 Å². The van der Waals surface area contributed by atoms with Crippen LogP contribution in [0.1, 0.15) is 24.5 Å². The van der Waals surface area contributed by atoms with Gasteiger partial charge in [0.15, 0.2) is 0 Å². The highest BCUT2D eigenvalue weighted by molar-refractivity contribution is 5.33. The summed E-state index contributed by atoms with van der Waals surface area (Å²) in [5, 5.41) is 3.16. The lowest BCUT2D eigenvalue weighted by molar-refractivity contribution is 0.291. The van der Waals surface area contributed by atoms with Gasteiger partial charge in [-0.2, -0.15) is 4.98 Å². The number of ether oxygens (including phenoxy) is 2. The lowest BCUT2D eigenvalue weighted by atomic mass is 10.2. The third kappa shape index (κ3) is 4.34. The molecule has 0 radical (unpaired) electrons. The minimum absolute atomic E-state index is 0.467. The molecule has 1 heterocycles. The van der Waals surface area contributed by atoms with Gasteiger partial charge in [-0.3, -0.25) is 0 Å². The Morgan fingerprint density at radius 3 is 2.62 bits per heavy atom. The predicted molar refractivity (Wildman–Crippen MR) is 82.9 cm³/mol. The number of anilines is 1. The van der Waals surface area contributed by atoms with Crippen LogP contribution in [0.3, 0.4) is 0 Å². The lowest BCUT2D eigenvalue weighted by Crippen LogP contribution is -2.07. The van der Waals surface area contributed by atoms with Gasteiger partial charge < -0.3 is 14.8 Å². The molecule has 0 spiro atoms. The first-order valence-corrected chi connectivity index (χ1v) is 7.06. The molecule has 1 N–H and O–H groups in total. The van der Waals surface area contributed by atoms with Crippen molar-refractivity contribution in [1.29, 1.82) is 0 Å². The van der Waals surface area contributed by atoms with E-state index in [4.69, 9.17) is 9.47 Å². The second-order valence-electron chi connectivity index (χ2n) is 4.75. The van der Waals surface area contributed by atoms with Gasteiger partial charge in [-0.1, -0.05) is 19.1 Å². The molecular formula is C16H21N3O2. The molecule has 0 bridgehead atoms. The van der Waals surface area contributed by atoms with Crippen molar-refractivity contribution in [3.63, 3.8) is 0 Å². The molecule has 0 aliphatic rings. The van der Waals surface area contributed by atoms with E-state index in [2.05, 4.69) is 22.2 Å². The highest BCUT2D eigenvalue weighted by atomic mass is 16.5. The number of nitrogens with one attached hydrogen (secondary N) is 1. The van der Waals surface area contributed by atoms with Crippen molar-refractivity contribution in [2.45, 2.75) is 26.9 Å². The van der Waals surface area contributed by atoms with E-state index in [0.717, 1.165) is 29.8 Å². The average molecular weight is 287 g/mol. The molecule has 0 aliphatic carbocycles. The second kappa shape index (κ2) is 7.47. The topological polar surface area (TPSA) is 56.3 Å². The van der Waals surface area contributed by atoms with Crippen LogP contribution in [-0.2, 0) is 6.61 Å². The van der Waals surface area contributed by atoms with Gasteiger partial charge in [0.05, 0.1) is 7.11 Å². The number of rotatable bonds is 7. The zero-order chi connectivity index (χ0) is 15.1. The first-order valence-electron chi connectivity index (χ1n) is 7.06. The van der Waals surface area contributed by atoms with Gasteiger partial charge in [0.25, 0.3) is 0 Å². The number of aromatic nitrogens is 2. The van der Waals surface area contributed by atoms with Crippen molar-refractivity contribution in [3.8, 4) is 11.6 Å². The molecule has 0 atom stereocenters. The molecule has 0 unspecified atom stereocenters. The van der Waals surface area contributed by atoms with Crippen molar-refractivity contribution < 1.29 is 9.47 Å². The van der Waals surface area contributed by atoms with Crippen LogP contribution < -0.4 is 14.8 Å². The molecule has 5 nitrogen and oxygen atoms in total. The normalized spacial score (nSPS) is 10.2. The van der Waals surface area contributed by atoms with E-state index in [1.807, 2.05) is 31.2 Å². The van der Waals surface area contributed by atoms with Crippen LogP contribution in [0.15, 0.2) is 30.5 Å². The quantitative estimate of drug-likeness (QED) is 0.847. The zero-order valence-electron chi connectivity index (χ0n) is 12.7. The van der Waals surface area contributed by atoms with Crippen molar-refractivity contribution in [3.05, 3.63) is 41.6 Å². The molecule has 1 aromatic carbocycles. The highest BCUT2D eigenvalue weighted by Crippen LogP contribution is 2.18. The van der Waals surface area contributed by atoms with Crippen LogP contribution in [0.4, 0.5) is 5.95 Å². The lowest BCUT2D eigenvalue weighted by Gasteiger charge is -2.10. The molecule has 0 aliphatic heterocycles. The number of aryl methyl sites for hydroxylation is 1. The van der Waals surface area contributed by atoms with E-state index in [-0.39, 0.29) is 0 Å². The average Bonchev–Trinajstić information content (AvgIpc) is 2.53. The highest BCUT2D eigenvalue weighted by Gasteiger charge is 2.05. The Hall–Kier alpha value is -2.30. The fraction of sp³-hybridized carbons (Fsp3) is 0.375. The number of benzene rings is 1. The van der Waals surface area contributed by atoms with Gasteiger partial charge in [0.2, 0.25) is 11.8 Å². The summed E-state index contributed by atoms with van der Waals surface area (Å²) in [7, 11) is 1.65. The molecule has 21 heavy (non-hydrogen) atoms. The van der Waals surface area contributed by atoms with Crippen LogP contribution >= 0.6 is 0 Å². The van der Waals surface area contributed by atoms with Gasteiger partial charge in [0, 0.05) is 18.3 Å². The van der Waals surface area contributed by atoms with Crippen LogP contribution in [0.2, 0.25) is 0 Å². The van der Waals surface area contributed by atoms with Crippen molar-refractivity contribution in [2.24, 2.45) is 0 Å². The molecule has 0 fully saturated rings. The Kier molecular flexibility index (Phi) is 5.37.